The lowest BCUT2D eigenvalue weighted by molar-refractivity contribution is -0.142. The van der Waals surface area contributed by atoms with Gasteiger partial charge in [0.05, 0.1) is 6.42 Å². The van der Waals surface area contributed by atoms with Crippen molar-refractivity contribution in [1.29, 1.82) is 0 Å². The third-order valence-electron chi connectivity index (χ3n) is 3.72. The van der Waals surface area contributed by atoms with Crippen LogP contribution in [-0.2, 0) is 9.59 Å². The summed E-state index contributed by atoms with van der Waals surface area (Å²) in [5, 5.41) is 0. The Morgan fingerprint density at radius 2 is 1.61 bits per heavy atom. The molecule has 0 aromatic rings. The van der Waals surface area contributed by atoms with Crippen molar-refractivity contribution in [2.75, 3.05) is 12.3 Å². The molecule has 0 bridgehead atoms. The first kappa shape index (κ1) is 22.0. The van der Waals surface area contributed by atoms with Crippen molar-refractivity contribution in [3.05, 3.63) is 17.9 Å². The van der Waals surface area contributed by atoms with Gasteiger partial charge in [0.25, 0.3) is 0 Å². The zero-order chi connectivity index (χ0) is 17.3. The lowest BCUT2D eigenvalue weighted by Gasteiger charge is -2.16. The summed E-state index contributed by atoms with van der Waals surface area (Å²) in [4.78, 5) is 24.4. The number of carbonyl (C=O) groups excluding carboxylic acids is 2. The number of nitrogens with zero attached hydrogens (tertiary/aromatic N) is 1. The molecule has 0 aliphatic carbocycles. The molecule has 0 fully saturated rings. The molecule has 3 nitrogen and oxygen atoms in total. The highest BCUT2D eigenvalue weighted by molar-refractivity contribution is 7.80. The number of hydrogen-bond acceptors (Lipinski definition) is 3. The van der Waals surface area contributed by atoms with Crippen molar-refractivity contribution in [3.8, 4) is 0 Å². The second kappa shape index (κ2) is 15.9. The summed E-state index contributed by atoms with van der Waals surface area (Å²) in [5.41, 5.74) is 3.04. The Morgan fingerprint density at radius 3 is 2.17 bits per heavy atom. The van der Waals surface area contributed by atoms with Gasteiger partial charge in [-0.3, -0.25) is 14.5 Å². The fraction of sp³-hybridized carbons (Fsp3) is 0.737. The van der Waals surface area contributed by atoms with Gasteiger partial charge in [-0.25, -0.2) is 0 Å². The van der Waals surface area contributed by atoms with Crippen LogP contribution >= 0.6 is 12.6 Å². The highest BCUT2D eigenvalue weighted by atomic mass is 32.1. The maximum Gasteiger partial charge on any atom is 0.233 e. The van der Waals surface area contributed by atoms with Crippen LogP contribution in [-0.4, -0.2) is 29.0 Å². The minimum atomic E-state index is -0.222. The Labute approximate surface area is 147 Å². The van der Waals surface area contributed by atoms with Gasteiger partial charge in [0.1, 0.15) is 0 Å². The van der Waals surface area contributed by atoms with Crippen LogP contribution in [0.5, 0.6) is 0 Å². The van der Waals surface area contributed by atoms with E-state index in [0.29, 0.717) is 12.3 Å². The average Bonchev–Trinajstić information content (AvgIpc) is 2.53. The normalized spacial score (nSPS) is 10.0. The quantitative estimate of drug-likeness (QED) is 0.294. The smallest absolute Gasteiger partial charge is 0.233 e. The molecule has 0 aliphatic rings. The molecule has 0 aromatic heterocycles. The Balaban J connectivity index is 3.72. The van der Waals surface area contributed by atoms with Crippen LogP contribution in [0.15, 0.2) is 17.9 Å². The zero-order valence-corrected chi connectivity index (χ0v) is 15.7. The highest BCUT2D eigenvalue weighted by Crippen LogP contribution is 2.09. The van der Waals surface area contributed by atoms with E-state index >= 15 is 0 Å². The maximum atomic E-state index is 11.8. The van der Waals surface area contributed by atoms with E-state index in [1.165, 1.54) is 63.2 Å². The van der Waals surface area contributed by atoms with Crippen LogP contribution in [0, 0.1) is 0 Å². The second-order valence-electron chi connectivity index (χ2n) is 5.83. The summed E-state index contributed by atoms with van der Waals surface area (Å²) >= 11 is 4.06. The van der Waals surface area contributed by atoms with Gasteiger partial charge in [-0.05, 0) is 25.0 Å². The van der Waals surface area contributed by atoms with E-state index in [9.17, 15) is 9.59 Å². The van der Waals surface area contributed by atoms with E-state index in [-0.39, 0.29) is 18.2 Å². The number of rotatable bonds is 13. The highest BCUT2D eigenvalue weighted by Gasteiger charge is 2.14. The van der Waals surface area contributed by atoms with E-state index in [1.807, 2.05) is 6.08 Å². The number of unbranched alkanes of at least 4 members (excludes halogenated alkanes) is 8. The maximum absolute atomic E-state index is 11.8. The minimum absolute atomic E-state index is 0.181. The molecule has 4 heteroatoms. The van der Waals surface area contributed by atoms with Gasteiger partial charge < -0.3 is 0 Å². The number of amides is 2. The molecule has 0 N–H and O–H groups in total. The molecule has 0 saturated carbocycles. The van der Waals surface area contributed by atoms with Crippen molar-refractivity contribution >= 4 is 24.4 Å². The first-order valence-corrected chi connectivity index (χ1v) is 9.57. The lowest BCUT2D eigenvalue weighted by atomic mass is 10.1. The SMILES string of the molecule is CCCCCCCCCCC=C=CCC(=O)N(CCS)C(C)=O. The summed E-state index contributed by atoms with van der Waals surface area (Å²) in [6.45, 7) is 4.02. The molecule has 132 valence electrons. The first-order chi connectivity index (χ1) is 11.1. The van der Waals surface area contributed by atoms with E-state index in [1.54, 1.807) is 6.08 Å². The standard InChI is InChI=1S/C19H33NO2S/c1-3-4-5-6-7-8-9-10-11-12-13-14-15-19(22)20(16-17-23)18(2)21/h12,14,23H,3-11,15-17H2,1-2H3. The zero-order valence-electron chi connectivity index (χ0n) is 14.9. The molecule has 0 radical (unpaired) electrons. The first-order valence-electron chi connectivity index (χ1n) is 8.94. The van der Waals surface area contributed by atoms with Crippen LogP contribution in [0.3, 0.4) is 0 Å². The second-order valence-corrected chi connectivity index (χ2v) is 6.28. The topological polar surface area (TPSA) is 37.4 Å². The molecule has 0 aromatic carbocycles. The molecular weight excluding hydrogens is 306 g/mol. The number of hydrogen-bond donors (Lipinski definition) is 1. The van der Waals surface area contributed by atoms with Crippen LogP contribution in [0.1, 0.15) is 78.1 Å². The molecule has 0 spiro atoms. The van der Waals surface area contributed by atoms with Gasteiger partial charge in [0, 0.05) is 19.2 Å². The summed E-state index contributed by atoms with van der Waals surface area (Å²) in [6, 6.07) is 0. The van der Waals surface area contributed by atoms with E-state index < -0.39 is 0 Å². The lowest BCUT2D eigenvalue weighted by Crippen LogP contribution is -2.36. The van der Waals surface area contributed by atoms with E-state index in [2.05, 4.69) is 25.3 Å². The van der Waals surface area contributed by atoms with Gasteiger partial charge in [0.2, 0.25) is 11.8 Å². The third-order valence-corrected chi connectivity index (χ3v) is 3.92. The van der Waals surface area contributed by atoms with Crippen LogP contribution in [0.4, 0.5) is 0 Å². The van der Waals surface area contributed by atoms with Crippen molar-refractivity contribution < 1.29 is 9.59 Å². The molecule has 2 amide bonds. The monoisotopic (exact) mass is 339 g/mol. The molecule has 0 atom stereocenters. The van der Waals surface area contributed by atoms with Gasteiger partial charge in [-0.1, -0.05) is 51.9 Å². The fourth-order valence-electron chi connectivity index (χ4n) is 2.36. The van der Waals surface area contributed by atoms with E-state index in [4.69, 9.17) is 0 Å². The number of imide groups is 1. The van der Waals surface area contributed by atoms with Crippen molar-refractivity contribution in [2.24, 2.45) is 0 Å². The average molecular weight is 340 g/mol. The van der Waals surface area contributed by atoms with Gasteiger partial charge in [0.15, 0.2) is 0 Å². The predicted molar refractivity (Wildman–Crippen MR) is 101 cm³/mol. The summed E-state index contributed by atoms with van der Waals surface area (Å²) in [7, 11) is 0. The van der Waals surface area contributed by atoms with Crippen molar-refractivity contribution in [1.82, 2.24) is 4.90 Å². The fourth-order valence-corrected chi connectivity index (χ4v) is 2.56. The number of thiol groups is 1. The molecule has 0 unspecified atom stereocenters. The molecule has 0 saturated heterocycles. The Hall–Kier alpha value is -0.990. The van der Waals surface area contributed by atoms with Crippen molar-refractivity contribution in [3.63, 3.8) is 0 Å². The van der Waals surface area contributed by atoms with Crippen LogP contribution in [0.2, 0.25) is 0 Å². The molecule has 0 heterocycles. The van der Waals surface area contributed by atoms with E-state index in [0.717, 1.165) is 6.42 Å². The molecule has 23 heavy (non-hydrogen) atoms. The Morgan fingerprint density at radius 1 is 1.00 bits per heavy atom. The Kier molecular flexibility index (Phi) is 15.2. The predicted octanol–water partition coefficient (Wildman–Crippen LogP) is 4.92. The van der Waals surface area contributed by atoms with Gasteiger partial charge in [-0.15, -0.1) is 5.73 Å². The minimum Gasteiger partial charge on any atom is -0.282 e. The largest absolute Gasteiger partial charge is 0.282 e. The number of carbonyl (C=O) groups is 2. The third kappa shape index (κ3) is 13.2. The summed E-state index contributed by atoms with van der Waals surface area (Å²) in [6.07, 6.45) is 15.4. The molecular formula is C19H33NO2S. The van der Waals surface area contributed by atoms with Gasteiger partial charge >= 0.3 is 0 Å². The van der Waals surface area contributed by atoms with Crippen molar-refractivity contribution in [2.45, 2.75) is 78.1 Å². The van der Waals surface area contributed by atoms with Crippen LogP contribution < -0.4 is 0 Å². The molecule has 0 rings (SSSR count). The summed E-state index contributed by atoms with van der Waals surface area (Å²) < 4.78 is 0. The summed E-state index contributed by atoms with van der Waals surface area (Å²) in [5.74, 6) is 0.0865. The van der Waals surface area contributed by atoms with Gasteiger partial charge in [-0.2, -0.15) is 12.6 Å². The Bertz CT molecular complexity index is 387. The van der Waals surface area contributed by atoms with Crippen LogP contribution in [0.25, 0.3) is 0 Å². The molecule has 0 aliphatic heterocycles.